The van der Waals surface area contributed by atoms with Crippen molar-refractivity contribution < 1.29 is 23.8 Å². The predicted molar refractivity (Wildman–Crippen MR) is 156 cm³/mol. The van der Waals surface area contributed by atoms with Crippen molar-refractivity contribution in [3.8, 4) is 11.6 Å². The first kappa shape index (κ1) is 30.7. The molecule has 1 aromatic carbocycles. The Kier molecular flexibility index (Phi) is 10.9. The lowest BCUT2D eigenvalue weighted by molar-refractivity contribution is 0.0648. The van der Waals surface area contributed by atoms with Crippen molar-refractivity contribution in [1.29, 1.82) is 0 Å². The van der Waals surface area contributed by atoms with Crippen LogP contribution in [-0.2, 0) is 11.2 Å². The molecule has 10 heteroatoms. The highest BCUT2D eigenvalue weighted by molar-refractivity contribution is 5.95. The van der Waals surface area contributed by atoms with E-state index >= 15 is 0 Å². The van der Waals surface area contributed by atoms with Crippen LogP contribution < -0.4 is 14.8 Å². The summed E-state index contributed by atoms with van der Waals surface area (Å²) in [5.74, 6) is 1.36. The minimum Gasteiger partial charge on any atom is -0.493 e. The fourth-order valence-corrected chi connectivity index (χ4v) is 5.25. The van der Waals surface area contributed by atoms with E-state index in [1.165, 1.54) is 6.20 Å². The predicted octanol–water partition coefficient (Wildman–Crippen LogP) is 4.11. The molecule has 2 atom stereocenters. The van der Waals surface area contributed by atoms with Gasteiger partial charge in [-0.1, -0.05) is 13.0 Å². The molecule has 2 heterocycles. The molecule has 0 unspecified atom stereocenters. The second-order valence-corrected chi connectivity index (χ2v) is 11.3. The smallest absolute Gasteiger partial charge is 0.416 e. The first-order valence-electron chi connectivity index (χ1n) is 14.8. The van der Waals surface area contributed by atoms with E-state index in [4.69, 9.17) is 14.2 Å². The number of nitrogens with one attached hydrogen (secondary N) is 1. The van der Waals surface area contributed by atoms with Gasteiger partial charge < -0.3 is 29.3 Å². The number of amides is 2. The van der Waals surface area contributed by atoms with E-state index in [-0.39, 0.29) is 41.8 Å². The van der Waals surface area contributed by atoms with Crippen molar-refractivity contribution in [2.45, 2.75) is 65.5 Å². The standard InChI is InChI=1S/C31H45N5O5/c1-6-23-8-9-24(14-28(23)40-13-7-12-39-5)30(37)35(21(2)3)19-25-16-32-17-26(25)20-36(27-10-11-27)31(38)41-29-18-33-22(4)15-34-29/h8-9,14-15,18,21,25-27,32H,6-7,10-13,16-17,19-20H2,1-5H3/t25-,26-/m0/s1. The number of carbonyl (C=O) groups is 2. The molecule has 224 valence electrons. The number of benzene rings is 1. The summed E-state index contributed by atoms with van der Waals surface area (Å²) in [6.45, 7) is 12.0. The number of methoxy groups -OCH3 is 1. The molecule has 1 aromatic heterocycles. The van der Waals surface area contributed by atoms with Crippen molar-refractivity contribution >= 4 is 12.0 Å². The number of carbonyl (C=O) groups excluding carboxylic acids is 2. The van der Waals surface area contributed by atoms with Gasteiger partial charge >= 0.3 is 6.09 Å². The molecule has 41 heavy (non-hydrogen) atoms. The molecule has 1 saturated heterocycles. The lowest BCUT2D eigenvalue weighted by Crippen LogP contribution is -2.45. The third-order valence-electron chi connectivity index (χ3n) is 7.84. The molecule has 1 N–H and O–H groups in total. The van der Waals surface area contributed by atoms with Crippen molar-refractivity contribution in [3.05, 3.63) is 47.4 Å². The molecule has 4 rings (SSSR count). The van der Waals surface area contributed by atoms with E-state index in [0.717, 1.165) is 55.8 Å². The molecule has 1 aliphatic carbocycles. The Morgan fingerprint density at radius 1 is 1.07 bits per heavy atom. The highest BCUT2D eigenvalue weighted by atomic mass is 16.6. The van der Waals surface area contributed by atoms with Gasteiger partial charge in [0.25, 0.3) is 5.91 Å². The number of nitrogens with zero attached hydrogens (tertiary/aromatic N) is 4. The quantitative estimate of drug-likeness (QED) is 0.340. The molecule has 2 fully saturated rings. The fraction of sp³-hybridized carbons (Fsp3) is 0.613. The summed E-state index contributed by atoms with van der Waals surface area (Å²) in [5.41, 5.74) is 2.47. The van der Waals surface area contributed by atoms with Crippen LogP contribution in [0.15, 0.2) is 30.6 Å². The number of hydrogen-bond donors (Lipinski definition) is 1. The number of ether oxygens (including phenoxy) is 3. The van der Waals surface area contributed by atoms with Crippen LogP contribution in [-0.4, -0.2) is 90.4 Å². The van der Waals surface area contributed by atoms with Crippen LogP contribution >= 0.6 is 0 Å². The zero-order valence-corrected chi connectivity index (χ0v) is 25.1. The lowest BCUT2D eigenvalue weighted by atomic mass is 9.94. The minimum absolute atomic E-state index is 0.00792. The molecule has 0 spiro atoms. The Balaban J connectivity index is 1.43. The molecular weight excluding hydrogens is 522 g/mol. The summed E-state index contributed by atoms with van der Waals surface area (Å²) in [4.78, 5) is 39.1. The van der Waals surface area contributed by atoms with E-state index in [1.807, 2.05) is 48.8 Å². The van der Waals surface area contributed by atoms with Gasteiger partial charge in [-0.15, -0.1) is 0 Å². The van der Waals surface area contributed by atoms with E-state index in [9.17, 15) is 9.59 Å². The zero-order valence-electron chi connectivity index (χ0n) is 25.1. The minimum atomic E-state index is -0.387. The third kappa shape index (κ3) is 8.39. The summed E-state index contributed by atoms with van der Waals surface area (Å²) in [6, 6.07) is 5.98. The van der Waals surface area contributed by atoms with Gasteiger partial charge in [0.1, 0.15) is 5.75 Å². The highest BCUT2D eigenvalue weighted by Gasteiger charge is 2.39. The van der Waals surface area contributed by atoms with Crippen LogP contribution in [0.25, 0.3) is 0 Å². The summed E-state index contributed by atoms with van der Waals surface area (Å²) >= 11 is 0. The van der Waals surface area contributed by atoms with E-state index in [2.05, 4.69) is 22.2 Å². The van der Waals surface area contributed by atoms with Gasteiger partial charge in [-0.2, -0.15) is 0 Å². The van der Waals surface area contributed by atoms with E-state index in [1.54, 1.807) is 13.3 Å². The molecule has 2 aromatic rings. The van der Waals surface area contributed by atoms with Gasteiger partial charge in [0.15, 0.2) is 0 Å². The Morgan fingerprint density at radius 3 is 2.46 bits per heavy atom. The number of hydrogen-bond acceptors (Lipinski definition) is 8. The van der Waals surface area contributed by atoms with E-state index < -0.39 is 0 Å². The molecule has 0 radical (unpaired) electrons. The number of aromatic nitrogens is 2. The summed E-state index contributed by atoms with van der Waals surface area (Å²) in [7, 11) is 1.68. The zero-order chi connectivity index (χ0) is 29.4. The van der Waals surface area contributed by atoms with Crippen LogP contribution in [0.5, 0.6) is 11.6 Å². The average Bonchev–Trinajstić information content (AvgIpc) is 3.71. The van der Waals surface area contributed by atoms with Crippen molar-refractivity contribution in [2.24, 2.45) is 11.8 Å². The van der Waals surface area contributed by atoms with Gasteiger partial charge in [0.05, 0.1) is 24.7 Å². The summed E-state index contributed by atoms with van der Waals surface area (Å²) in [6.07, 6.45) is 6.24. The maximum absolute atomic E-state index is 13.8. The molecule has 0 bridgehead atoms. The number of aryl methyl sites for hydroxylation is 2. The van der Waals surface area contributed by atoms with Crippen molar-refractivity contribution in [2.75, 3.05) is 46.5 Å². The topological polar surface area (TPSA) is 106 Å². The van der Waals surface area contributed by atoms with Gasteiger partial charge in [-0.05, 0) is 69.6 Å². The first-order valence-corrected chi connectivity index (χ1v) is 14.8. The SMILES string of the molecule is CCc1ccc(C(=O)N(C[C@@H]2CNC[C@H]2CN(C(=O)Oc2cnc(C)cn2)C2CC2)C(C)C)cc1OCCCOC. The van der Waals surface area contributed by atoms with Gasteiger partial charge in [-0.25, -0.2) is 9.78 Å². The highest BCUT2D eigenvalue weighted by Crippen LogP contribution is 2.31. The molecular formula is C31H45N5O5. The summed E-state index contributed by atoms with van der Waals surface area (Å²) < 4.78 is 16.7. The molecule has 2 amide bonds. The monoisotopic (exact) mass is 567 g/mol. The Labute approximate surface area is 243 Å². The van der Waals surface area contributed by atoms with E-state index in [0.29, 0.717) is 31.9 Å². The third-order valence-corrected chi connectivity index (χ3v) is 7.84. The van der Waals surface area contributed by atoms with Crippen LogP contribution in [0, 0.1) is 18.8 Å². The van der Waals surface area contributed by atoms with Crippen molar-refractivity contribution in [1.82, 2.24) is 25.1 Å². The maximum atomic E-state index is 13.8. The summed E-state index contributed by atoms with van der Waals surface area (Å²) in [5, 5.41) is 3.49. The molecule has 1 saturated carbocycles. The van der Waals surface area contributed by atoms with Gasteiger partial charge in [0, 0.05) is 64.0 Å². The second kappa shape index (κ2) is 14.6. The van der Waals surface area contributed by atoms with Crippen LogP contribution in [0.2, 0.25) is 0 Å². The maximum Gasteiger partial charge on any atom is 0.416 e. The van der Waals surface area contributed by atoms with Crippen LogP contribution in [0.3, 0.4) is 0 Å². The number of rotatable bonds is 14. The second-order valence-electron chi connectivity index (χ2n) is 11.3. The van der Waals surface area contributed by atoms with Crippen molar-refractivity contribution in [3.63, 3.8) is 0 Å². The Hall–Kier alpha value is -3.24. The Bertz CT molecular complexity index is 1150. The largest absolute Gasteiger partial charge is 0.493 e. The van der Waals surface area contributed by atoms with Gasteiger partial charge in [-0.3, -0.25) is 9.78 Å². The Morgan fingerprint density at radius 2 is 1.83 bits per heavy atom. The van der Waals surface area contributed by atoms with Crippen LogP contribution in [0.4, 0.5) is 4.79 Å². The lowest BCUT2D eigenvalue weighted by Gasteiger charge is -2.33. The molecule has 2 aliphatic rings. The van der Waals surface area contributed by atoms with Gasteiger partial charge in [0.2, 0.25) is 5.88 Å². The normalized spacial score (nSPS) is 18.4. The first-order chi connectivity index (χ1) is 19.8. The van der Waals surface area contributed by atoms with Crippen LogP contribution in [0.1, 0.15) is 61.6 Å². The average molecular weight is 568 g/mol. The molecule has 10 nitrogen and oxygen atoms in total. The molecule has 1 aliphatic heterocycles. The fourth-order valence-electron chi connectivity index (χ4n) is 5.25.